The van der Waals surface area contributed by atoms with Gasteiger partial charge < -0.3 is 4.74 Å². The number of nitrogens with zero attached hydrogens (tertiary/aromatic N) is 3. The SMILES string of the molecule is Cc1cccn2c(=O)cc(COC(=O)c3csc(-c4ccccc4)n3)nc12. The van der Waals surface area contributed by atoms with Crippen LogP contribution in [0.25, 0.3) is 16.2 Å². The number of esters is 1. The average Bonchev–Trinajstić information content (AvgIpc) is 3.18. The van der Waals surface area contributed by atoms with Crippen LogP contribution < -0.4 is 5.56 Å². The first-order valence-corrected chi connectivity index (χ1v) is 9.16. The van der Waals surface area contributed by atoms with Crippen molar-refractivity contribution in [1.82, 2.24) is 14.4 Å². The highest BCUT2D eigenvalue weighted by Crippen LogP contribution is 2.23. The van der Waals surface area contributed by atoms with Crippen molar-refractivity contribution in [2.24, 2.45) is 0 Å². The van der Waals surface area contributed by atoms with Crippen molar-refractivity contribution in [3.8, 4) is 10.6 Å². The monoisotopic (exact) mass is 377 g/mol. The first-order chi connectivity index (χ1) is 13.1. The third-order valence-corrected chi connectivity index (χ3v) is 4.92. The van der Waals surface area contributed by atoms with Crippen LogP contribution in [0.5, 0.6) is 0 Å². The molecule has 0 aliphatic carbocycles. The zero-order valence-electron chi connectivity index (χ0n) is 14.5. The van der Waals surface area contributed by atoms with Gasteiger partial charge in [-0.15, -0.1) is 11.3 Å². The van der Waals surface area contributed by atoms with Crippen LogP contribution in [0.1, 0.15) is 21.7 Å². The lowest BCUT2D eigenvalue weighted by atomic mass is 10.2. The van der Waals surface area contributed by atoms with Gasteiger partial charge in [-0.3, -0.25) is 9.20 Å². The Hall–Kier alpha value is -3.32. The second-order valence-electron chi connectivity index (χ2n) is 5.95. The Kier molecular flexibility index (Phi) is 4.52. The molecule has 0 aliphatic heterocycles. The Morgan fingerprint density at radius 2 is 1.96 bits per heavy atom. The molecule has 6 nitrogen and oxygen atoms in total. The number of ether oxygens (including phenoxy) is 1. The molecule has 3 aromatic heterocycles. The molecule has 0 amide bonds. The molecule has 0 fully saturated rings. The number of hydrogen-bond donors (Lipinski definition) is 0. The van der Waals surface area contributed by atoms with E-state index in [2.05, 4.69) is 9.97 Å². The summed E-state index contributed by atoms with van der Waals surface area (Å²) in [6.07, 6.45) is 1.66. The molecule has 0 aliphatic rings. The molecule has 0 radical (unpaired) electrons. The highest BCUT2D eigenvalue weighted by atomic mass is 32.1. The minimum Gasteiger partial charge on any atom is -0.454 e. The highest BCUT2D eigenvalue weighted by Gasteiger charge is 2.14. The van der Waals surface area contributed by atoms with Gasteiger partial charge in [-0.25, -0.2) is 14.8 Å². The number of carbonyl (C=O) groups excluding carboxylic acids is 1. The lowest BCUT2D eigenvalue weighted by molar-refractivity contribution is 0.0462. The number of carbonyl (C=O) groups is 1. The topological polar surface area (TPSA) is 73.6 Å². The van der Waals surface area contributed by atoms with Gasteiger partial charge in [0.1, 0.15) is 17.3 Å². The molecule has 4 aromatic rings. The fourth-order valence-corrected chi connectivity index (χ4v) is 3.47. The number of rotatable bonds is 4. The van der Waals surface area contributed by atoms with Gasteiger partial charge in [0, 0.05) is 23.2 Å². The molecule has 27 heavy (non-hydrogen) atoms. The lowest BCUT2D eigenvalue weighted by Gasteiger charge is -2.06. The molecular formula is C20H15N3O3S. The van der Waals surface area contributed by atoms with Gasteiger partial charge in [-0.2, -0.15) is 0 Å². The molecule has 3 heterocycles. The van der Waals surface area contributed by atoms with Gasteiger partial charge >= 0.3 is 5.97 Å². The van der Waals surface area contributed by atoms with Gasteiger partial charge in [0.15, 0.2) is 5.69 Å². The third-order valence-electron chi connectivity index (χ3n) is 4.02. The number of hydrogen-bond acceptors (Lipinski definition) is 6. The van der Waals surface area contributed by atoms with E-state index < -0.39 is 5.97 Å². The van der Waals surface area contributed by atoms with Crippen LogP contribution >= 0.6 is 11.3 Å². The van der Waals surface area contributed by atoms with E-state index in [1.807, 2.05) is 43.3 Å². The molecule has 0 spiro atoms. The van der Waals surface area contributed by atoms with Crippen molar-refractivity contribution in [3.05, 3.63) is 87.4 Å². The number of thiazole rings is 1. The Labute approximate surface area is 158 Å². The molecule has 0 saturated carbocycles. The fourth-order valence-electron chi connectivity index (χ4n) is 2.68. The second kappa shape index (κ2) is 7.13. The van der Waals surface area contributed by atoms with E-state index in [0.29, 0.717) is 11.3 Å². The van der Waals surface area contributed by atoms with E-state index in [1.54, 1.807) is 17.6 Å². The van der Waals surface area contributed by atoms with Gasteiger partial charge in [0.05, 0.1) is 5.69 Å². The summed E-state index contributed by atoms with van der Waals surface area (Å²) in [6.45, 7) is 1.79. The lowest BCUT2D eigenvalue weighted by Crippen LogP contribution is -2.17. The molecule has 0 N–H and O–H groups in total. The quantitative estimate of drug-likeness (QED) is 0.509. The number of benzene rings is 1. The zero-order valence-corrected chi connectivity index (χ0v) is 15.3. The maximum absolute atomic E-state index is 12.3. The number of aryl methyl sites for hydroxylation is 1. The Balaban J connectivity index is 1.52. The van der Waals surface area contributed by atoms with E-state index in [1.165, 1.54) is 21.8 Å². The molecule has 1 aromatic carbocycles. The molecule has 134 valence electrons. The van der Waals surface area contributed by atoms with Gasteiger partial charge in [0.2, 0.25) is 0 Å². The van der Waals surface area contributed by atoms with Crippen molar-refractivity contribution in [3.63, 3.8) is 0 Å². The molecular weight excluding hydrogens is 362 g/mol. The maximum atomic E-state index is 12.3. The van der Waals surface area contributed by atoms with Crippen molar-refractivity contribution < 1.29 is 9.53 Å². The zero-order chi connectivity index (χ0) is 18.8. The number of aromatic nitrogens is 3. The Morgan fingerprint density at radius 3 is 2.78 bits per heavy atom. The van der Waals surface area contributed by atoms with Crippen LogP contribution in [0, 0.1) is 6.92 Å². The summed E-state index contributed by atoms with van der Waals surface area (Å²) in [5.74, 6) is -0.541. The maximum Gasteiger partial charge on any atom is 0.358 e. The summed E-state index contributed by atoms with van der Waals surface area (Å²) in [7, 11) is 0. The summed E-state index contributed by atoms with van der Waals surface area (Å²) in [5, 5.41) is 2.41. The van der Waals surface area contributed by atoms with Crippen LogP contribution in [0.15, 0.2) is 64.9 Å². The van der Waals surface area contributed by atoms with E-state index in [0.717, 1.165) is 16.1 Å². The van der Waals surface area contributed by atoms with Crippen LogP contribution in [0.2, 0.25) is 0 Å². The predicted octanol–water partition coefficient (Wildman–Crippen LogP) is 3.48. The molecule has 7 heteroatoms. The van der Waals surface area contributed by atoms with Crippen LogP contribution in [0.4, 0.5) is 0 Å². The second-order valence-corrected chi connectivity index (χ2v) is 6.81. The molecule has 0 unspecified atom stereocenters. The highest BCUT2D eigenvalue weighted by molar-refractivity contribution is 7.13. The van der Waals surface area contributed by atoms with E-state index in [4.69, 9.17) is 4.74 Å². The normalized spacial score (nSPS) is 10.9. The summed E-state index contributed by atoms with van der Waals surface area (Å²) in [5.41, 5.74) is 2.80. The number of pyridine rings is 1. The van der Waals surface area contributed by atoms with Gasteiger partial charge in [0.25, 0.3) is 5.56 Å². The van der Waals surface area contributed by atoms with Crippen molar-refractivity contribution in [2.75, 3.05) is 0 Å². The fraction of sp³-hybridized carbons (Fsp3) is 0.100. The van der Waals surface area contributed by atoms with Gasteiger partial charge in [-0.1, -0.05) is 36.4 Å². The smallest absolute Gasteiger partial charge is 0.358 e. The van der Waals surface area contributed by atoms with E-state index >= 15 is 0 Å². The molecule has 0 saturated heterocycles. The molecule has 0 atom stereocenters. The van der Waals surface area contributed by atoms with Gasteiger partial charge in [-0.05, 0) is 18.6 Å². The van der Waals surface area contributed by atoms with Crippen molar-refractivity contribution in [2.45, 2.75) is 13.5 Å². The first-order valence-electron chi connectivity index (χ1n) is 8.28. The summed E-state index contributed by atoms with van der Waals surface area (Å²) in [4.78, 5) is 33.2. The van der Waals surface area contributed by atoms with E-state index in [9.17, 15) is 9.59 Å². The summed E-state index contributed by atoms with van der Waals surface area (Å²) < 4.78 is 6.77. The van der Waals surface area contributed by atoms with Crippen LogP contribution in [0.3, 0.4) is 0 Å². The summed E-state index contributed by atoms with van der Waals surface area (Å²) in [6, 6.07) is 14.7. The Morgan fingerprint density at radius 1 is 1.15 bits per heavy atom. The Bertz CT molecular complexity index is 1180. The minimum absolute atomic E-state index is 0.0862. The first kappa shape index (κ1) is 17.1. The number of fused-ring (bicyclic) bond motifs is 1. The third kappa shape index (κ3) is 3.50. The standard InChI is InChI=1S/C20H15N3O3S/c1-13-6-5-9-23-17(24)10-15(21-18(13)23)11-26-20(25)16-12-27-19(22-16)14-7-3-2-4-8-14/h2-10,12H,11H2,1H3. The largest absolute Gasteiger partial charge is 0.454 e. The molecule has 0 bridgehead atoms. The predicted molar refractivity (Wildman–Crippen MR) is 103 cm³/mol. The van der Waals surface area contributed by atoms with Crippen LogP contribution in [-0.2, 0) is 11.3 Å². The minimum atomic E-state index is -0.541. The van der Waals surface area contributed by atoms with E-state index in [-0.39, 0.29) is 17.9 Å². The molecule has 4 rings (SSSR count). The average molecular weight is 377 g/mol. The van der Waals surface area contributed by atoms with Crippen LogP contribution in [-0.4, -0.2) is 20.3 Å². The van der Waals surface area contributed by atoms with Crippen molar-refractivity contribution >= 4 is 23.0 Å². The summed E-state index contributed by atoms with van der Waals surface area (Å²) >= 11 is 1.38. The van der Waals surface area contributed by atoms with Crippen molar-refractivity contribution in [1.29, 1.82) is 0 Å².